The Morgan fingerprint density at radius 2 is 1.66 bits per heavy atom. The van der Waals surface area contributed by atoms with Crippen molar-refractivity contribution < 1.29 is 36.3 Å². The van der Waals surface area contributed by atoms with Crippen LogP contribution >= 0.6 is 0 Å². The van der Waals surface area contributed by atoms with E-state index in [1.54, 1.807) is 13.8 Å². The largest absolute Gasteiger partial charge is 0.449 e. The van der Waals surface area contributed by atoms with Gasteiger partial charge in [-0.05, 0) is 57.2 Å². The predicted octanol–water partition coefficient (Wildman–Crippen LogP) is 2.55. The van der Waals surface area contributed by atoms with Crippen molar-refractivity contribution in [1.82, 2.24) is 10.6 Å². The summed E-state index contributed by atoms with van der Waals surface area (Å²) in [5.74, 6) is -4.34. The number of ether oxygens (including phenoxy) is 1. The van der Waals surface area contributed by atoms with Gasteiger partial charge in [0, 0.05) is 11.7 Å². The molecule has 3 N–H and O–H groups in total. The number of anilines is 1. The number of esters is 1. The molecule has 9 nitrogen and oxygen atoms in total. The van der Waals surface area contributed by atoms with Crippen LogP contribution < -0.4 is 15.4 Å². The Labute approximate surface area is 183 Å². The third-order valence-electron chi connectivity index (χ3n) is 3.86. The van der Waals surface area contributed by atoms with E-state index in [0.29, 0.717) is 12.1 Å². The molecule has 0 spiro atoms. The number of halogens is 2. The fourth-order valence-corrected chi connectivity index (χ4v) is 3.42. The van der Waals surface area contributed by atoms with Crippen LogP contribution in [0.5, 0.6) is 0 Å². The second-order valence-electron chi connectivity index (χ2n) is 6.93. The molecule has 0 heterocycles. The smallest absolute Gasteiger partial charge is 0.338 e. The molecule has 0 aromatic heterocycles. The van der Waals surface area contributed by atoms with Gasteiger partial charge in [0.1, 0.15) is 0 Å². The number of hydrogen-bond acceptors (Lipinski definition) is 6. The Morgan fingerprint density at radius 3 is 2.28 bits per heavy atom. The first-order chi connectivity index (χ1) is 14.9. The average Bonchev–Trinajstić information content (AvgIpc) is 2.69. The Bertz CT molecular complexity index is 1140. The second kappa shape index (κ2) is 10.2. The van der Waals surface area contributed by atoms with Gasteiger partial charge in [-0.3, -0.25) is 14.8 Å². The summed E-state index contributed by atoms with van der Waals surface area (Å²) in [6, 6.07) is 6.23. The van der Waals surface area contributed by atoms with Crippen molar-refractivity contribution in [3.63, 3.8) is 0 Å². The van der Waals surface area contributed by atoms with E-state index >= 15 is 0 Å². The number of sulfonamides is 1. The highest BCUT2D eigenvalue weighted by molar-refractivity contribution is 7.92. The third kappa shape index (κ3) is 6.74. The lowest BCUT2D eigenvalue weighted by Gasteiger charge is -2.15. The van der Waals surface area contributed by atoms with Crippen LogP contribution in [0, 0.1) is 11.6 Å². The minimum Gasteiger partial charge on any atom is -0.449 e. The molecular weight excluding hydrogens is 448 g/mol. The van der Waals surface area contributed by atoms with Gasteiger partial charge in [-0.15, -0.1) is 0 Å². The maximum Gasteiger partial charge on any atom is 0.338 e. The molecular formula is C20H21F2N3O6S. The summed E-state index contributed by atoms with van der Waals surface area (Å²) in [5, 5.41) is 4.46. The van der Waals surface area contributed by atoms with Crippen LogP contribution in [0.25, 0.3) is 0 Å². The second-order valence-corrected chi connectivity index (χ2v) is 8.61. The molecule has 0 radical (unpaired) electrons. The molecule has 3 amide bonds. The zero-order chi connectivity index (χ0) is 24.1. The highest BCUT2D eigenvalue weighted by Crippen LogP contribution is 2.19. The topological polar surface area (TPSA) is 131 Å². The van der Waals surface area contributed by atoms with Gasteiger partial charge in [-0.25, -0.2) is 26.8 Å². The molecule has 0 saturated carbocycles. The molecule has 1 unspecified atom stereocenters. The number of benzene rings is 2. The molecule has 2 aromatic rings. The van der Waals surface area contributed by atoms with E-state index in [2.05, 4.69) is 10.0 Å². The van der Waals surface area contributed by atoms with E-state index in [1.807, 2.05) is 5.32 Å². The van der Waals surface area contributed by atoms with Crippen LogP contribution in [-0.4, -0.2) is 38.5 Å². The summed E-state index contributed by atoms with van der Waals surface area (Å²) >= 11 is 0. The van der Waals surface area contributed by atoms with E-state index < -0.39 is 50.6 Å². The van der Waals surface area contributed by atoms with Gasteiger partial charge < -0.3 is 10.1 Å². The molecule has 0 aliphatic rings. The highest BCUT2D eigenvalue weighted by atomic mass is 32.2. The minimum absolute atomic E-state index is 0.0578. The molecule has 0 fully saturated rings. The average molecular weight is 469 g/mol. The quantitative estimate of drug-likeness (QED) is 0.534. The molecule has 2 aromatic carbocycles. The van der Waals surface area contributed by atoms with Crippen molar-refractivity contribution in [2.75, 3.05) is 4.72 Å². The summed E-state index contributed by atoms with van der Waals surface area (Å²) in [6.07, 6.45) is -1.32. The first-order valence-electron chi connectivity index (χ1n) is 9.29. The fourth-order valence-electron chi connectivity index (χ4n) is 2.36. The van der Waals surface area contributed by atoms with E-state index in [-0.39, 0.29) is 17.3 Å². The van der Waals surface area contributed by atoms with Crippen LogP contribution in [0.1, 0.15) is 31.1 Å². The Balaban J connectivity index is 2.08. The zero-order valence-corrected chi connectivity index (χ0v) is 18.1. The number of carbonyl (C=O) groups is 3. The van der Waals surface area contributed by atoms with Crippen LogP contribution in [0.15, 0.2) is 47.4 Å². The van der Waals surface area contributed by atoms with E-state index in [1.165, 1.54) is 25.1 Å². The summed E-state index contributed by atoms with van der Waals surface area (Å²) in [6.45, 7) is 4.65. The van der Waals surface area contributed by atoms with Gasteiger partial charge >= 0.3 is 12.0 Å². The van der Waals surface area contributed by atoms with E-state index in [9.17, 15) is 31.6 Å². The van der Waals surface area contributed by atoms with Gasteiger partial charge in [-0.1, -0.05) is 6.07 Å². The molecule has 0 aliphatic heterocycles. The maximum absolute atomic E-state index is 13.4. The number of nitrogens with one attached hydrogen (secondary N) is 3. The normalized spacial score (nSPS) is 12.1. The predicted molar refractivity (Wildman–Crippen MR) is 110 cm³/mol. The standard InChI is InChI=1S/C20H21F2N3O6S/c1-11(2)23-20(28)24-18(26)12(3)31-19(27)13-5-4-6-14(9-13)25-32(29,30)15-7-8-16(21)17(22)10-15/h4-12,25H,1-3H3,(H2,23,24,26,28). The first-order valence-corrected chi connectivity index (χ1v) is 10.8. The minimum atomic E-state index is -4.27. The third-order valence-corrected chi connectivity index (χ3v) is 5.24. The lowest BCUT2D eigenvalue weighted by molar-refractivity contribution is -0.127. The summed E-state index contributed by atoms with van der Waals surface area (Å²) in [4.78, 5) is 35.3. The lowest BCUT2D eigenvalue weighted by Crippen LogP contribution is -2.46. The number of carbonyl (C=O) groups excluding carboxylic acids is 3. The molecule has 172 valence electrons. The number of imide groups is 1. The van der Waals surface area contributed by atoms with Gasteiger partial charge in [-0.2, -0.15) is 0 Å². The maximum atomic E-state index is 13.4. The van der Waals surface area contributed by atoms with E-state index in [0.717, 1.165) is 12.1 Å². The monoisotopic (exact) mass is 469 g/mol. The van der Waals surface area contributed by atoms with Crippen LogP contribution in [0.2, 0.25) is 0 Å². The van der Waals surface area contributed by atoms with Crippen molar-refractivity contribution in [3.05, 3.63) is 59.7 Å². The first kappa shape index (κ1) is 24.7. The summed E-state index contributed by atoms with van der Waals surface area (Å²) in [5.41, 5.74) is -0.153. The fraction of sp³-hybridized carbons (Fsp3) is 0.250. The SMILES string of the molecule is CC(C)NC(=O)NC(=O)C(C)OC(=O)c1cccc(NS(=O)(=O)c2ccc(F)c(F)c2)c1. The molecule has 32 heavy (non-hydrogen) atoms. The Hall–Kier alpha value is -3.54. The van der Waals surface area contributed by atoms with Crippen molar-refractivity contribution >= 4 is 33.6 Å². The van der Waals surface area contributed by atoms with Crippen molar-refractivity contribution in [1.29, 1.82) is 0 Å². The lowest BCUT2D eigenvalue weighted by atomic mass is 10.2. The number of hydrogen-bond donors (Lipinski definition) is 3. The summed E-state index contributed by atoms with van der Waals surface area (Å²) in [7, 11) is -4.27. The van der Waals surface area contributed by atoms with Crippen LogP contribution in [-0.2, 0) is 19.6 Å². The molecule has 0 bridgehead atoms. The Morgan fingerprint density at radius 1 is 0.969 bits per heavy atom. The van der Waals surface area contributed by atoms with Crippen molar-refractivity contribution in [2.45, 2.75) is 37.8 Å². The molecule has 12 heteroatoms. The number of amides is 3. The zero-order valence-electron chi connectivity index (χ0n) is 17.3. The molecule has 0 aliphatic carbocycles. The van der Waals surface area contributed by atoms with E-state index in [4.69, 9.17) is 4.74 Å². The molecule has 2 rings (SSSR count). The summed E-state index contributed by atoms with van der Waals surface area (Å²) < 4.78 is 58.3. The van der Waals surface area contributed by atoms with Crippen molar-refractivity contribution in [2.24, 2.45) is 0 Å². The molecule has 0 saturated heterocycles. The Kier molecular flexibility index (Phi) is 7.87. The van der Waals surface area contributed by atoms with Gasteiger partial charge in [0.05, 0.1) is 10.5 Å². The number of rotatable bonds is 7. The van der Waals surface area contributed by atoms with Gasteiger partial charge in [0.25, 0.3) is 15.9 Å². The highest BCUT2D eigenvalue weighted by Gasteiger charge is 2.22. The van der Waals surface area contributed by atoms with Gasteiger partial charge in [0.15, 0.2) is 17.7 Å². The van der Waals surface area contributed by atoms with Crippen LogP contribution in [0.4, 0.5) is 19.3 Å². The number of urea groups is 1. The van der Waals surface area contributed by atoms with Crippen molar-refractivity contribution in [3.8, 4) is 0 Å². The van der Waals surface area contributed by atoms with Crippen LogP contribution in [0.3, 0.4) is 0 Å². The molecule has 1 atom stereocenters. The van der Waals surface area contributed by atoms with Gasteiger partial charge in [0.2, 0.25) is 0 Å².